The maximum Gasteiger partial charge on any atom is 0.321 e. The van der Waals surface area contributed by atoms with Gasteiger partial charge in [0.2, 0.25) is 5.91 Å². The van der Waals surface area contributed by atoms with Gasteiger partial charge in [-0.05, 0) is 18.1 Å². The number of benzene rings is 1. The van der Waals surface area contributed by atoms with Crippen molar-refractivity contribution < 1.29 is 9.59 Å². The predicted octanol–water partition coefficient (Wildman–Crippen LogP) is 2.40. The highest BCUT2D eigenvalue weighted by Crippen LogP contribution is 2.18. The molecule has 0 fully saturated rings. The molecule has 0 atom stereocenters. The van der Waals surface area contributed by atoms with Crippen molar-refractivity contribution >= 4 is 29.0 Å². The van der Waals surface area contributed by atoms with Crippen LogP contribution in [-0.2, 0) is 24.2 Å². The molecule has 122 valence electrons. The first-order chi connectivity index (χ1) is 11.0. The average Bonchev–Trinajstić information content (AvgIpc) is 2.96. The fraction of sp³-hybridized carbons (Fsp3) is 0.312. The van der Waals surface area contributed by atoms with Gasteiger partial charge in [0.15, 0.2) is 0 Å². The zero-order chi connectivity index (χ0) is 16.8. The zero-order valence-corrected chi connectivity index (χ0v) is 14.0. The summed E-state index contributed by atoms with van der Waals surface area (Å²) < 4.78 is 0. The normalized spacial score (nSPS) is 10.3. The lowest BCUT2D eigenvalue weighted by Crippen LogP contribution is -2.31. The third kappa shape index (κ3) is 4.79. The second-order valence-corrected chi connectivity index (χ2v) is 6.36. The Balaban J connectivity index is 2.02. The van der Waals surface area contributed by atoms with Gasteiger partial charge in [0, 0.05) is 23.8 Å². The fourth-order valence-electron chi connectivity index (χ4n) is 2.05. The van der Waals surface area contributed by atoms with E-state index >= 15 is 0 Å². The number of thiazole rings is 1. The van der Waals surface area contributed by atoms with E-state index < -0.39 is 5.91 Å². The lowest BCUT2D eigenvalue weighted by atomic mass is 10.1. The number of para-hydroxylation sites is 1. The van der Waals surface area contributed by atoms with E-state index in [1.807, 2.05) is 6.20 Å². The minimum Gasteiger partial charge on any atom is -0.369 e. The van der Waals surface area contributed by atoms with E-state index in [0.717, 1.165) is 11.4 Å². The fourth-order valence-corrected chi connectivity index (χ4v) is 2.97. The smallest absolute Gasteiger partial charge is 0.321 e. The molecule has 0 radical (unpaired) electrons. The van der Waals surface area contributed by atoms with E-state index in [4.69, 9.17) is 5.73 Å². The summed E-state index contributed by atoms with van der Waals surface area (Å²) in [4.78, 5) is 30.5. The van der Waals surface area contributed by atoms with Crippen LogP contribution in [0.3, 0.4) is 0 Å². The van der Waals surface area contributed by atoms with Crippen LogP contribution in [0.4, 0.5) is 10.5 Å². The summed E-state index contributed by atoms with van der Waals surface area (Å²) in [5, 5.41) is 3.71. The van der Waals surface area contributed by atoms with Crippen LogP contribution in [0.2, 0.25) is 0 Å². The van der Waals surface area contributed by atoms with Gasteiger partial charge in [0.25, 0.3) is 0 Å². The number of amides is 3. The lowest BCUT2D eigenvalue weighted by molar-refractivity contribution is -0.117. The number of hydrogen-bond acceptors (Lipinski definition) is 4. The Morgan fingerprint density at radius 1 is 1.35 bits per heavy atom. The minimum atomic E-state index is -0.435. The molecule has 0 saturated carbocycles. The van der Waals surface area contributed by atoms with Gasteiger partial charge >= 0.3 is 6.03 Å². The van der Waals surface area contributed by atoms with Crippen LogP contribution in [0, 0.1) is 0 Å². The summed E-state index contributed by atoms with van der Waals surface area (Å²) in [7, 11) is 1.71. The van der Waals surface area contributed by atoms with Gasteiger partial charge in [-0.1, -0.05) is 25.1 Å². The molecule has 0 saturated heterocycles. The van der Waals surface area contributed by atoms with E-state index in [9.17, 15) is 9.59 Å². The quantitative estimate of drug-likeness (QED) is 0.851. The molecule has 2 aromatic rings. The molecule has 0 bridgehead atoms. The van der Waals surface area contributed by atoms with Gasteiger partial charge in [-0.3, -0.25) is 4.79 Å². The molecular formula is C16H20N4O2S. The molecule has 0 aliphatic carbocycles. The first-order valence-corrected chi connectivity index (χ1v) is 8.13. The van der Waals surface area contributed by atoms with Crippen molar-refractivity contribution in [2.24, 2.45) is 5.73 Å². The van der Waals surface area contributed by atoms with Crippen LogP contribution < -0.4 is 11.1 Å². The number of aryl methyl sites for hydroxylation is 1. The molecule has 0 aliphatic rings. The number of primary amides is 1. The van der Waals surface area contributed by atoms with E-state index in [1.165, 1.54) is 4.88 Å². The number of nitrogens with two attached hydrogens (primary N) is 1. The Morgan fingerprint density at radius 3 is 2.74 bits per heavy atom. The van der Waals surface area contributed by atoms with Crippen molar-refractivity contribution in [1.29, 1.82) is 0 Å². The highest BCUT2D eigenvalue weighted by atomic mass is 32.1. The van der Waals surface area contributed by atoms with Crippen LogP contribution in [-0.4, -0.2) is 28.9 Å². The van der Waals surface area contributed by atoms with Gasteiger partial charge in [-0.25, -0.2) is 9.78 Å². The average molecular weight is 332 g/mol. The van der Waals surface area contributed by atoms with Gasteiger partial charge in [0.05, 0.1) is 13.0 Å². The lowest BCUT2D eigenvalue weighted by Gasteiger charge is -2.18. The molecule has 3 amide bonds. The molecule has 7 heteroatoms. The monoisotopic (exact) mass is 332 g/mol. The van der Waals surface area contributed by atoms with Crippen molar-refractivity contribution in [3.63, 3.8) is 0 Å². The first kappa shape index (κ1) is 17.0. The Hall–Kier alpha value is -2.41. The molecule has 0 spiro atoms. The Kier molecular flexibility index (Phi) is 5.70. The van der Waals surface area contributed by atoms with E-state index in [-0.39, 0.29) is 12.5 Å². The summed E-state index contributed by atoms with van der Waals surface area (Å²) >= 11 is 1.60. The van der Waals surface area contributed by atoms with Crippen LogP contribution in [0.15, 0.2) is 30.5 Å². The third-order valence-electron chi connectivity index (χ3n) is 3.29. The van der Waals surface area contributed by atoms with Gasteiger partial charge in [-0.15, -0.1) is 11.3 Å². The standard InChI is InChI=1S/C16H20N4O2S/c1-3-12-9-18-15(23-12)10-20(2)16(22)19-13-7-5-4-6-11(13)8-14(17)21/h4-7,9H,3,8,10H2,1-2H3,(H2,17,21)(H,19,22). The van der Waals surface area contributed by atoms with Crippen molar-refractivity contribution in [1.82, 2.24) is 9.88 Å². The first-order valence-electron chi connectivity index (χ1n) is 7.31. The molecule has 23 heavy (non-hydrogen) atoms. The van der Waals surface area contributed by atoms with E-state index in [0.29, 0.717) is 17.8 Å². The summed E-state index contributed by atoms with van der Waals surface area (Å²) in [6.45, 7) is 2.51. The number of anilines is 1. The molecular weight excluding hydrogens is 312 g/mol. The predicted molar refractivity (Wildman–Crippen MR) is 91.3 cm³/mol. The Morgan fingerprint density at radius 2 is 2.09 bits per heavy atom. The van der Waals surface area contributed by atoms with Crippen molar-refractivity contribution in [3.05, 3.63) is 45.9 Å². The number of nitrogens with one attached hydrogen (secondary N) is 1. The summed E-state index contributed by atoms with van der Waals surface area (Å²) in [5.41, 5.74) is 6.53. The Labute approximate surface area is 139 Å². The molecule has 0 aliphatic heterocycles. The van der Waals surface area contributed by atoms with Crippen molar-refractivity contribution in [2.45, 2.75) is 26.3 Å². The summed E-state index contributed by atoms with van der Waals surface area (Å²) in [5.74, 6) is -0.435. The number of carbonyl (C=O) groups excluding carboxylic acids is 2. The SMILES string of the molecule is CCc1cnc(CN(C)C(=O)Nc2ccccc2CC(N)=O)s1. The van der Waals surface area contributed by atoms with E-state index in [1.54, 1.807) is 47.5 Å². The van der Waals surface area contributed by atoms with Crippen LogP contribution in [0.5, 0.6) is 0 Å². The molecule has 1 heterocycles. The summed E-state index contributed by atoms with van der Waals surface area (Å²) in [6, 6.07) is 6.88. The van der Waals surface area contributed by atoms with Crippen molar-refractivity contribution in [2.75, 3.05) is 12.4 Å². The molecule has 1 aromatic heterocycles. The van der Waals surface area contributed by atoms with Gasteiger partial charge in [-0.2, -0.15) is 0 Å². The molecule has 6 nitrogen and oxygen atoms in total. The second kappa shape index (κ2) is 7.73. The number of urea groups is 1. The van der Waals surface area contributed by atoms with Crippen LogP contribution >= 0.6 is 11.3 Å². The highest BCUT2D eigenvalue weighted by Gasteiger charge is 2.14. The molecule has 2 rings (SSSR count). The van der Waals surface area contributed by atoms with Gasteiger partial charge in [0.1, 0.15) is 5.01 Å². The number of hydrogen-bond donors (Lipinski definition) is 2. The number of aromatic nitrogens is 1. The third-order valence-corrected chi connectivity index (χ3v) is 4.42. The maximum atomic E-state index is 12.3. The zero-order valence-electron chi connectivity index (χ0n) is 13.2. The van der Waals surface area contributed by atoms with Gasteiger partial charge < -0.3 is 16.0 Å². The molecule has 1 aromatic carbocycles. The topological polar surface area (TPSA) is 88.3 Å². The summed E-state index contributed by atoms with van der Waals surface area (Å²) in [6.07, 6.45) is 2.87. The Bertz CT molecular complexity index is 699. The molecule has 0 unspecified atom stereocenters. The second-order valence-electron chi connectivity index (χ2n) is 5.16. The van der Waals surface area contributed by atoms with E-state index in [2.05, 4.69) is 17.2 Å². The largest absolute Gasteiger partial charge is 0.369 e. The molecule has 3 N–H and O–H groups in total. The van der Waals surface area contributed by atoms with Crippen LogP contribution in [0.25, 0.3) is 0 Å². The number of nitrogens with zero attached hydrogens (tertiary/aromatic N) is 2. The minimum absolute atomic E-state index is 0.0898. The van der Waals surface area contributed by atoms with Crippen LogP contribution in [0.1, 0.15) is 22.4 Å². The van der Waals surface area contributed by atoms with Crippen molar-refractivity contribution in [3.8, 4) is 0 Å². The number of rotatable bonds is 6. The highest BCUT2D eigenvalue weighted by molar-refractivity contribution is 7.11. The number of carbonyl (C=O) groups is 2. The maximum absolute atomic E-state index is 12.3.